The van der Waals surface area contributed by atoms with Crippen LogP contribution in [0.1, 0.15) is 0 Å². The minimum atomic E-state index is -4.94. The van der Waals surface area contributed by atoms with E-state index in [0.717, 1.165) is 42.7 Å². The lowest BCUT2D eigenvalue weighted by Gasteiger charge is -2.10. The summed E-state index contributed by atoms with van der Waals surface area (Å²) in [5.74, 6) is -0.876. The molecule has 0 bridgehead atoms. The Morgan fingerprint density at radius 2 is 1.33 bits per heavy atom. The Bertz CT molecular complexity index is 2150. The first-order valence-corrected chi connectivity index (χ1v) is 16.9. The van der Waals surface area contributed by atoms with E-state index in [1.54, 1.807) is 0 Å². The van der Waals surface area contributed by atoms with Gasteiger partial charge in [-0.15, -0.1) is 10.2 Å². The molecule has 0 aliphatic heterocycles. The largest absolute Gasteiger partial charge is 0.768 e. The lowest BCUT2D eigenvalue weighted by Crippen LogP contribution is -2.00. The predicted octanol–water partition coefficient (Wildman–Crippen LogP) is 4.51. The molecule has 0 saturated carbocycles. The van der Waals surface area contributed by atoms with E-state index >= 15 is 0 Å². The molecule has 0 aromatic heterocycles. The molecule has 15 nitrogen and oxygen atoms in total. The molecule has 0 aliphatic rings. The normalized spacial score (nSPS) is 13.7. The van der Waals surface area contributed by atoms with Crippen molar-refractivity contribution in [2.75, 3.05) is 6.26 Å². The number of hydrogen-bond acceptors (Lipinski definition) is 13. The molecule has 0 aliphatic carbocycles. The van der Waals surface area contributed by atoms with E-state index in [1.165, 1.54) is 30.3 Å². The van der Waals surface area contributed by atoms with Crippen LogP contribution < -0.4 is 0 Å². The molecule has 0 amide bonds. The molecular weight excluding hydrogens is 637 g/mol. The maximum absolute atomic E-state index is 12.3. The Labute approximate surface area is 241 Å². The first-order valence-electron chi connectivity index (χ1n) is 11.1. The van der Waals surface area contributed by atoms with Crippen LogP contribution in [-0.4, -0.2) is 54.5 Å². The average molecular weight is 654 g/mol. The minimum absolute atomic E-state index is 0.0112. The summed E-state index contributed by atoms with van der Waals surface area (Å²) in [7, 11) is -13.7. The minimum Gasteiger partial charge on any atom is -0.768 e. The molecule has 4 rings (SSSR count). The second-order valence-corrected chi connectivity index (χ2v) is 14.2. The van der Waals surface area contributed by atoms with Crippen molar-refractivity contribution in [3.05, 3.63) is 66.7 Å². The zero-order chi connectivity index (χ0) is 31.0. The highest BCUT2D eigenvalue weighted by Crippen LogP contribution is 2.42. The monoisotopic (exact) mass is 653 g/mol. The third-order valence-corrected chi connectivity index (χ3v) is 9.01. The van der Waals surface area contributed by atoms with E-state index in [1.807, 2.05) is 0 Å². The van der Waals surface area contributed by atoms with Crippen LogP contribution in [0.25, 0.3) is 10.8 Å². The van der Waals surface area contributed by atoms with Crippen LogP contribution in [0.5, 0.6) is 5.75 Å². The molecule has 4 aromatic carbocycles. The molecule has 3 N–H and O–H groups in total. The number of hydrogen-bond donors (Lipinski definition) is 3. The van der Waals surface area contributed by atoms with E-state index < -0.39 is 73.0 Å². The van der Waals surface area contributed by atoms with Gasteiger partial charge in [-0.1, -0.05) is 6.07 Å². The van der Waals surface area contributed by atoms with Gasteiger partial charge in [0.25, 0.3) is 20.2 Å². The highest BCUT2D eigenvalue weighted by atomic mass is 32.2. The van der Waals surface area contributed by atoms with Gasteiger partial charge in [-0.2, -0.15) is 27.1 Å². The molecule has 1 atom stereocenters. The topological polar surface area (TPSA) is 253 Å². The van der Waals surface area contributed by atoms with Crippen LogP contribution in [0.15, 0.2) is 107 Å². The number of sulfone groups is 1. The van der Waals surface area contributed by atoms with Crippen molar-refractivity contribution >= 4 is 74.7 Å². The molecule has 220 valence electrons. The quantitative estimate of drug-likeness (QED) is 0.135. The Kier molecular flexibility index (Phi) is 8.38. The van der Waals surface area contributed by atoms with E-state index in [2.05, 4.69) is 20.5 Å². The number of nitrogens with zero attached hydrogens (tertiary/aromatic N) is 4. The SMILES string of the molecule is CS(=O)(=O)c1cc2cc(S(=O)(=O)O)ccc2c(N=Nc2ccc(N=Nc3ccc(S(=O)[O-])cc3)cc2S(=O)(=O)O)c1O. The standard InChI is InChI=1S/C23H18N4O11S4/c1-40(31,32)21-11-13-10-17(41(33,34)35)7-8-18(13)22(23(21)28)27-26-19-9-4-15(12-20(19)42(36,37)38)25-24-14-2-5-16(6-3-14)39(29)30/h2-12,28H,1H3,(H,29,30)(H,33,34,35)(H,36,37,38)/p-1. The van der Waals surface area contributed by atoms with Crippen LogP contribution in [0.3, 0.4) is 0 Å². The van der Waals surface area contributed by atoms with Gasteiger partial charge < -0.3 is 9.66 Å². The van der Waals surface area contributed by atoms with E-state index in [-0.39, 0.29) is 27.0 Å². The fourth-order valence-electron chi connectivity index (χ4n) is 3.57. The molecule has 4 aromatic rings. The molecule has 1 unspecified atom stereocenters. The number of azo groups is 2. The number of rotatable bonds is 8. The van der Waals surface area contributed by atoms with Gasteiger partial charge in [0, 0.05) is 16.5 Å². The van der Waals surface area contributed by atoms with Gasteiger partial charge in [-0.3, -0.25) is 13.3 Å². The highest BCUT2D eigenvalue weighted by Gasteiger charge is 2.22. The van der Waals surface area contributed by atoms with Crippen molar-refractivity contribution in [3.8, 4) is 5.75 Å². The Balaban J connectivity index is 1.82. The molecule has 0 radical (unpaired) electrons. The van der Waals surface area contributed by atoms with Gasteiger partial charge in [0.15, 0.2) is 15.6 Å². The lowest BCUT2D eigenvalue weighted by atomic mass is 10.1. The number of benzene rings is 4. The smallest absolute Gasteiger partial charge is 0.296 e. The summed E-state index contributed by atoms with van der Waals surface area (Å²) in [6, 6.07) is 12.5. The summed E-state index contributed by atoms with van der Waals surface area (Å²) < 4.78 is 113. The van der Waals surface area contributed by atoms with Gasteiger partial charge in [-0.05, 0) is 77.1 Å². The fourth-order valence-corrected chi connectivity index (χ4v) is 5.88. The van der Waals surface area contributed by atoms with Crippen molar-refractivity contribution in [3.63, 3.8) is 0 Å². The fraction of sp³-hybridized carbons (Fsp3) is 0.0435. The molecule has 0 spiro atoms. The Morgan fingerprint density at radius 1 is 0.714 bits per heavy atom. The lowest BCUT2D eigenvalue weighted by molar-refractivity contribution is 0.461. The van der Waals surface area contributed by atoms with Crippen LogP contribution in [0, 0.1) is 0 Å². The summed E-state index contributed by atoms with van der Waals surface area (Å²) in [6.45, 7) is 0. The third kappa shape index (κ3) is 6.90. The van der Waals surface area contributed by atoms with Crippen molar-refractivity contribution in [2.24, 2.45) is 20.5 Å². The van der Waals surface area contributed by atoms with Crippen LogP contribution >= 0.6 is 0 Å². The maximum Gasteiger partial charge on any atom is 0.296 e. The first kappa shape index (κ1) is 31.0. The van der Waals surface area contributed by atoms with Crippen molar-refractivity contribution in [1.82, 2.24) is 0 Å². The zero-order valence-corrected chi connectivity index (χ0v) is 24.1. The first-order chi connectivity index (χ1) is 19.4. The second-order valence-electron chi connectivity index (χ2n) is 8.46. The van der Waals surface area contributed by atoms with Crippen LogP contribution in [0.2, 0.25) is 0 Å². The molecule has 0 heterocycles. The molecule has 0 fully saturated rings. The summed E-state index contributed by atoms with van der Waals surface area (Å²) >= 11 is -2.44. The Morgan fingerprint density at radius 3 is 1.90 bits per heavy atom. The van der Waals surface area contributed by atoms with Crippen LogP contribution in [-0.2, 0) is 41.2 Å². The number of aromatic hydroxyl groups is 1. The maximum atomic E-state index is 12.3. The van der Waals surface area contributed by atoms with Gasteiger partial charge in [-0.25, -0.2) is 8.42 Å². The van der Waals surface area contributed by atoms with E-state index in [0.29, 0.717) is 0 Å². The number of phenols is 1. The molecule has 42 heavy (non-hydrogen) atoms. The second kappa shape index (κ2) is 11.4. The number of fused-ring (bicyclic) bond motifs is 1. The van der Waals surface area contributed by atoms with Crippen molar-refractivity contribution in [2.45, 2.75) is 19.6 Å². The van der Waals surface area contributed by atoms with Crippen molar-refractivity contribution < 1.29 is 48.2 Å². The Hall–Kier alpha value is -3.98. The third-order valence-electron chi connectivity index (χ3n) is 5.51. The van der Waals surface area contributed by atoms with E-state index in [4.69, 9.17) is 0 Å². The summed E-state index contributed by atoms with van der Waals surface area (Å²) in [6.07, 6.45) is 0.768. The van der Waals surface area contributed by atoms with Gasteiger partial charge in [0.1, 0.15) is 21.2 Å². The highest BCUT2D eigenvalue weighted by molar-refractivity contribution is 7.90. The molecular formula is C23H17N4O11S4-. The molecule has 19 heteroatoms. The van der Waals surface area contributed by atoms with E-state index in [9.17, 15) is 48.2 Å². The number of phenolic OH excluding ortho intramolecular Hbond substituents is 1. The molecule has 0 saturated heterocycles. The van der Waals surface area contributed by atoms with Crippen molar-refractivity contribution in [1.29, 1.82) is 0 Å². The summed E-state index contributed by atoms with van der Waals surface area (Å²) in [5.41, 5.74) is -0.775. The van der Waals surface area contributed by atoms with Gasteiger partial charge in [0.05, 0.1) is 16.3 Å². The average Bonchev–Trinajstić information content (AvgIpc) is 2.89. The summed E-state index contributed by atoms with van der Waals surface area (Å²) in [5, 5.41) is 25.9. The van der Waals surface area contributed by atoms with Gasteiger partial charge in [0.2, 0.25) is 0 Å². The summed E-state index contributed by atoms with van der Waals surface area (Å²) in [4.78, 5) is -2.00. The van der Waals surface area contributed by atoms with Crippen LogP contribution in [0.4, 0.5) is 22.7 Å². The predicted molar refractivity (Wildman–Crippen MR) is 147 cm³/mol. The zero-order valence-electron chi connectivity index (χ0n) is 20.9. The van der Waals surface area contributed by atoms with Gasteiger partial charge >= 0.3 is 0 Å².